The first-order chi connectivity index (χ1) is 39.2. The summed E-state index contributed by atoms with van der Waals surface area (Å²) in [6, 6.07) is 0. The molecule has 1 amide bonds. The van der Waals surface area contributed by atoms with E-state index in [9.17, 15) is 19.5 Å². The van der Waals surface area contributed by atoms with Crippen LogP contribution in [-0.4, -0.2) is 150 Å². The minimum absolute atomic E-state index is 0.00508. The van der Waals surface area contributed by atoms with Crippen LogP contribution in [0.25, 0.3) is 0 Å². The Labute approximate surface area is 490 Å². The van der Waals surface area contributed by atoms with E-state index in [4.69, 9.17) is 47.7 Å². The molecule has 0 radical (unpaired) electrons. The van der Waals surface area contributed by atoms with Crippen molar-refractivity contribution in [3.8, 4) is 0 Å². The molecule has 476 valence electrons. The van der Waals surface area contributed by atoms with Crippen LogP contribution in [0, 0.1) is 0 Å². The summed E-state index contributed by atoms with van der Waals surface area (Å²) >= 11 is 0. The molecular formula is C65H127NO14. The molecule has 0 heterocycles. The van der Waals surface area contributed by atoms with Gasteiger partial charge < -0.3 is 57.7 Å². The lowest BCUT2D eigenvalue weighted by atomic mass is 9.84. The number of rotatable bonds is 65. The summed E-state index contributed by atoms with van der Waals surface area (Å²) in [6.07, 6.45) is 38.4. The molecule has 0 saturated carbocycles. The molecule has 3 atom stereocenters. The van der Waals surface area contributed by atoms with Gasteiger partial charge in [0.2, 0.25) is 0 Å². The average molecular weight is 1150 g/mol. The number of nitrogens with zero attached hydrogens (tertiary/aromatic N) is 1. The Morgan fingerprint density at radius 1 is 0.412 bits per heavy atom. The zero-order chi connectivity index (χ0) is 58.5. The maximum atomic E-state index is 14.4. The van der Waals surface area contributed by atoms with Crippen molar-refractivity contribution in [1.82, 2.24) is 4.90 Å². The third kappa shape index (κ3) is 51.4. The highest BCUT2D eigenvalue weighted by Crippen LogP contribution is 2.33. The van der Waals surface area contributed by atoms with E-state index >= 15 is 0 Å². The normalized spacial score (nSPS) is 13.1. The van der Waals surface area contributed by atoms with Crippen molar-refractivity contribution in [2.75, 3.05) is 99.0 Å². The van der Waals surface area contributed by atoms with Gasteiger partial charge in [-0.3, -0.25) is 4.79 Å². The molecule has 15 nitrogen and oxygen atoms in total. The number of aliphatic hydroxyl groups excluding tert-OH is 1. The third-order valence-electron chi connectivity index (χ3n) is 15.0. The minimum atomic E-state index is -1.16. The van der Waals surface area contributed by atoms with E-state index in [0.717, 1.165) is 161 Å². The number of ether oxygens (including phenoxy) is 9. The second-order valence-electron chi connectivity index (χ2n) is 22.4. The quantitative estimate of drug-likeness (QED) is 0.0434. The van der Waals surface area contributed by atoms with Crippen LogP contribution >= 0.6 is 0 Å². The SMILES string of the molecule is CCCCCCCCC(CCCCCC)OC(=O)OCCCCCCOC(COCCCCCCC(CCCCCC)(CCCCCCCC)OC(=O)O)C(=O)N(CCCCCCCC)CCOCCOCCOCCOCCO. The molecule has 80 heavy (non-hydrogen) atoms. The molecule has 0 rings (SSSR count). The molecule has 3 unspecified atom stereocenters. The van der Waals surface area contributed by atoms with Gasteiger partial charge in [0.25, 0.3) is 5.91 Å². The van der Waals surface area contributed by atoms with Gasteiger partial charge in [-0.05, 0) is 96.3 Å². The van der Waals surface area contributed by atoms with E-state index in [1.54, 1.807) is 0 Å². The number of hydrogen-bond acceptors (Lipinski definition) is 13. The van der Waals surface area contributed by atoms with Gasteiger partial charge in [0.15, 0.2) is 6.10 Å². The van der Waals surface area contributed by atoms with Crippen LogP contribution in [0.15, 0.2) is 0 Å². The summed E-state index contributed by atoms with van der Waals surface area (Å²) in [5, 5.41) is 18.7. The third-order valence-corrected chi connectivity index (χ3v) is 15.0. The van der Waals surface area contributed by atoms with Crippen molar-refractivity contribution in [2.45, 2.75) is 303 Å². The van der Waals surface area contributed by atoms with Crippen molar-refractivity contribution in [3.05, 3.63) is 0 Å². The lowest BCUT2D eigenvalue weighted by molar-refractivity contribution is -0.149. The second-order valence-corrected chi connectivity index (χ2v) is 22.4. The molecule has 0 spiro atoms. The number of amides is 1. The molecule has 0 aromatic carbocycles. The summed E-state index contributed by atoms with van der Waals surface area (Å²) in [4.78, 5) is 41.1. The van der Waals surface area contributed by atoms with Gasteiger partial charge in [-0.1, -0.05) is 189 Å². The fourth-order valence-corrected chi connectivity index (χ4v) is 10.1. The molecule has 0 aliphatic rings. The van der Waals surface area contributed by atoms with Crippen molar-refractivity contribution in [3.63, 3.8) is 0 Å². The fourth-order valence-electron chi connectivity index (χ4n) is 10.1. The Bertz CT molecular complexity index is 1310. The lowest BCUT2D eigenvalue weighted by Gasteiger charge is -2.33. The van der Waals surface area contributed by atoms with Crippen molar-refractivity contribution >= 4 is 18.2 Å². The van der Waals surface area contributed by atoms with E-state index in [0.29, 0.717) is 85.8 Å². The highest BCUT2D eigenvalue weighted by molar-refractivity contribution is 5.81. The van der Waals surface area contributed by atoms with Gasteiger partial charge in [-0.15, -0.1) is 0 Å². The Morgan fingerprint density at radius 2 is 0.812 bits per heavy atom. The maximum absolute atomic E-state index is 14.4. The predicted molar refractivity (Wildman–Crippen MR) is 324 cm³/mol. The number of aliphatic hydroxyl groups is 1. The maximum Gasteiger partial charge on any atom is 0.508 e. The predicted octanol–water partition coefficient (Wildman–Crippen LogP) is 16.5. The Balaban J connectivity index is 5.55. The van der Waals surface area contributed by atoms with Gasteiger partial charge >= 0.3 is 12.3 Å². The molecule has 0 aliphatic carbocycles. The van der Waals surface area contributed by atoms with Crippen molar-refractivity contribution in [2.24, 2.45) is 0 Å². The van der Waals surface area contributed by atoms with Crippen LogP contribution in [0.2, 0.25) is 0 Å². The summed E-state index contributed by atoms with van der Waals surface area (Å²) in [6.45, 7) is 16.8. The molecule has 2 N–H and O–H groups in total. The second kappa shape index (κ2) is 61.3. The summed E-state index contributed by atoms with van der Waals surface area (Å²) < 4.78 is 52.2. The molecule has 0 aliphatic heterocycles. The van der Waals surface area contributed by atoms with E-state index < -0.39 is 24.0 Å². The Morgan fingerprint density at radius 3 is 1.31 bits per heavy atom. The number of hydrogen-bond donors (Lipinski definition) is 2. The number of unbranched alkanes of at least 4 members (excludes halogenated alkanes) is 27. The van der Waals surface area contributed by atoms with Gasteiger partial charge in [0, 0.05) is 26.3 Å². The largest absolute Gasteiger partial charge is 0.508 e. The highest BCUT2D eigenvalue weighted by atomic mass is 16.7. The average Bonchev–Trinajstić information content (AvgIpc) is 3.45. The van der Waals surface area contributed by atoms with Gasteiger partial charge in [0.05, 0.1) is 72.7 Å². The first-order valence-electron chi connectivity index (χ1n) is 33.4. The zero-order valence-electron chi connectivity index (χ0n) is 52.6. The van der Waals surface area contributed by atoms with Crippen LogP contribution in [-0.2, 0) is 47.4 Å². The Kier molecular flexibility index (Phi) is 59.6. The monoisotopic (exact) mass is 1150 g/mol. The first kappa shape index (κ1) is 77.7. The number of carbonyl (C=O) groups excluding carboxylic acids is 2. The van der Waals surface area contributed by atoms with Gasteiger partial charge in [0.1, 0.15) is 11.7 Å². The van der Waals surface area contributed by atoms with E-state index in [2.05, 4.69) is 34.6 Å². The van der Waals surface area contributed by atoms with E-state index in [1.165, 1.54) is 89.9 Å². The zero-order valence-corrected chi connectivity index (χ0v) is 52.6. The van der Waals surface area contributed by atoms with Gasteiger partial charge in [-0.25, -0.2) is 9.59 Å². The first-order valence-corrected chi connectivity index (χ1v) is 33.4. The van der Waals surface area contributed by atoms with Crippen LogP contribution in [0.4, 0.5) is 9.59 Å². The lowest BCUT2D eigenvalue weighted by Crippen LogP contribution is -2.45. The molecule has 15 heteroatoms. The topological polar surface area (TPSA) is 178 Å². The van der Waals surface area contributed by atoms with E-state index in [-0.39, 0.29) is 25.2 Å². The minimum Gasteiger partial charge on any atom is -0.450 e. The molecular weight excluding hydrogens is 1020 g/mol. The summed E-state index contributed by atoms with van der Waals surface area (Å²) in [5.74, 6) is -0.0790. The van der Waals surface area contributed by atoms with E-state index in [1.807, 2.05) is 4.90 Å². The molecule has 0 aromatic rings. The number of carbonyl (C=O) groups is 3. The van der Waals surface area contributed by atoms with Crippen LogP contribution < -0.4 is 0 Å². The summed E-state index contributed by atoms with van der Waals surface area (Å²) in [5.41, 5.74) is -0.620. The molecule has 0 fully saturated rings. The molecule has 0 saturated heterocycles. The smallest absolute Gasteiger partial charge is 0.450 e. The molecule has 0 bridgehead atoms. The van der Waals surface area contributed by atoms with Crippen LogP contribution in [0.3, 0.4) is 0 Å². The van der Waals surface area contributed by atoms with Gasteiger partial charge in [-0.2, -0.15) is 0 Å². The fraction of sp³-hybridized carbons (Fsp3) is 0.954. The van der Waals surface area contributed by atoms with Crippen LogP contribution in [0.5, 0.6) is 0 Å². The highest BCUT2D eigenvalue weighted by Gasteiger charge is 2.33. The summed E-state index contributed by atoms with van der Waals surface area (Å²) in [7, 11) is 0. The van der Waals surface area contributed by atoms with Crippen LogP contribution in [0.1, 0.15) is 285 Å². The molecule has 0 aromatic heterocycles. The standard InChI is InChI=1S/C65H127NO14/c1-6-11-16-21-24-32-41-60(40-31-19-14-9-4)79-64(71)78-50-39-30-29-38-49-77-61(62(68)66(45-36-27-23-18-13-8-3)46-51-72-53-55-74-57-58-75-56-54-73-52-47-67)59-76-48-37-28-26-35-44-65(80-63(69)70,42-33-20-15-10-5)43-34-25-22-17-12-7-2/h60-61,67H,6-59H2,1-5H3,(H,69,70). The number of carboxylic acid groups (broad SMARTS) is 1. The van der Waals surface area contributed by atoms with Crippen molar-refractivity contribution in [1.29, 1.82) is 0 Å². The van der Waals surface area contributed by atoms with Crippen molar-refractivity contribution < 1.29 is 67.2 Å². The Hall–Kier alpha value is -2.27.